The highest BCUT2D eigenvalue weighted by atomic mass is 17.2. The van der Waals surface area contributed by atoms with Crippen LogP contribution in [0.2, 0.25) is 0 Å². The van der Waals surface area contributed by atoms with Crippen LogP contribution >= 0.6 is 0 Å². The third-order valence-electron chi connectivity index (χ3n) is 0.789. The van der Waals surface area contributed by atoms with Gasteiger partial charge in [0, 0.05) is 7.11 Å². The van der Waals surface area contributed by atoms with E-state index in [0.717, 1.165) is 33.2 Å². The highest BCUT2D eigenvalue weighted by Crippen LogP contribution is 1.97. The summed E-state index contributed by atoms with van der Waals surface area (Å²) >= 11 is 0. The molecule has 1 fully saturated rings. The molecule has 1 aliphatic heterocycles. The van der Waals surface area contributed by atoms with Crippen LogP contribution in [0.15, 0.2) is 0 Å². The van der Waals surface area contributed by atoms with Gasteiger partial charge in [0.25, 0.3) is 0 Å². The van der Waals surface area contributed by atoms with Crippen molar-refractivity contribution in [1.29, 1.82) is 0 Å². The molecule has 0 bridgehead atoms. The number of hydrogen-bond acceptors (Lipinski definition) is 3. The van der Waals surface area contributed by atoms with Crippen LogP contribution in [0.1, 0.15) is 12.8 Å². The Balaban J connectivity index is 0.000000222. The van der Waals surface area contributed by atoms with Gasteiger partial charge in [0.2, 0.25) is 0 Å². The van der Waals surface area contributed by atoms with Gasteiger partial charge in [0.1, 0.15) is 0 Å². The Hall–Kier alpha value is -0.120. The van der Waals surface area contributed by atoms with Gasteiger partial charge in [-0.2, -0.15) is 0 Å². The van der Waals surface area contributed by atoms with Crippen LogP contribution in [0.5, 0.6) is 0 Å². The molecule has 0 unspecified atom stereocenters. The molecule has 0 spiro atoms. The summed E-state index contributed by atoms with van der Waals surface area (Å²) in [4.78, 5) is 9.14. The monoisotopic (exact) mass is 120 g/mol. The second kappa shape index (κ2) is 6.88. The summed E-state index contributed by atoms with van der Waals surface area (Å²) in [7, 11) is 1.00. The molecule has 0 atom stereocenters. The van der Waals surface area contributed by atoms with Gasteiger partial charge in [-0.1, -0.05) is 0 Å². The molecule has 0 saturated carbocycles. The fourth-order valence-electron chi connectivity index (χ4n) is 0.440. The van der Waals surface area contributed by atoms with Crippen LogP contribution < -0.4 is 0 Å². The molecule has 1 N–H and O–H groups in total. The molecular formula is C5H12O3. The van der Waals surface area contributed by atoms with Gasteiger partial charge < -0.3 is 5.11 Å². The maximum atomic E-state index is 7.00. The van der Waals surface area contributed by atoms with E-state index in [2.05, 4.69) is 9.78 Å². The van der Waals surface area contributed by atoms with Gasteiger partial charge in [-0.25, -0.2) is 9.78 Å². The van der Waals surface area contributed by atoms with E-state index in [1.165, 1.54) is 0 Å². The first-order valence-electron chi connectivity index (χ1n) is 2.69. The van der Waals surface area contributed by atoms with Crippen LogP contribution in [0.3, 0.4) is 0 Å². The van der Waals surface area contributed by atoms with Crippen LogP contribution in [0.4, 0.5) is 0 Å². The Bertz CT molecular complexity index is 23.1. The highest BCUT2D eigenvalue weighted by molar-refractivity contribution is 4.36. The zero-order valence-electron chi connectivity index (χ0n) is 5.09. The topological polar surface area (TPSA) is 38.7 Å². The number of rotatable bonds is 0. The minimum atomic E-state index is 0.778. The summed E-state index contributed by atoms with van der Waals surface area (Å²) in [5.41, 5.74) is 0. The maximum absolute atomic E-state index is 7.00. The molecule has 3 heteroatoms. The van der Waals surface area contributed by atoms with Crippen LogP contribution in [-0.2, 0) is 9.78 Å². The Morgan fingerprint density at radius 1 is 1.00 bits per heavy atom. The smallest absolute Gasteiger partial charge is 0.0823 e. The third kappa shape index (κ3) is 4.05. The minimum Gasteiger partial charge on any atom is -0.400 e. The molecule has 0 aliphatic carbocycles. The van der Waals surface area contributed by atoms with E-state index in [-0.39, 0.29) is 0 Å². The van der Waals surface area contributed by atoms with Crippen molar-refractivity contribution in [3.8, 4) is 0 Å². The molecule has 0 radical (unpaired) electrons. The molecule has 50 valence electrons. The number of aliphatic hydroxyl groups is 1. The van der Waals surface area contributed by atoms with Gasteiger partial charge in [-0.3, -0.25) is 0 Å². The summed E-state index contributed by atoms with van der Waals surface area (Å²) < 4.78 is 0. The molecule has 3 nitrogen and oxygen atoms in total. The molecule has 1 aliphatic rings. The predicted molar refractivity (Wildman–Crippen MR) is 29.3 cm³/mol. The Kier molecular flexibility index (Phi) is 6.78. The average molecular weight is 120 g/mol. The maximum Gasteiger partial charge on any atom is 0.0823 e. The van der Waals surface area contributed by atoms with E-state index >= 15 is 0 Å². The van der Waals surface area contributed by atoms with E-state index in [9.17, 15) is 0 Å². The number of hydrogen-bond donors (Lipinski definition) is 1. The third-order valence-corrected chi connectivity index (χ3v) is 0.789. The van der Waals surface area contributed by atoms with Crippen molar-refractivity contribution in [2.75, 3.05) is 20.3 Å². The van der Waals surface area contributed by atoms with E-state index in [1.54, 1.807) is 0 Å². The first-order chi connectivity index (χ1) is 4.00. The van der Waals surface area contributed by atoms with Crippen molar-refractivity contribution >= 4 is 0 Å². The van der Waals surface area contributed by atoms with Crippen molar-refractivity contribution in [3.05, 3.63) is 0 Å². The normalized spacial score (nSPS) is 18.8. The molecule has 0 aromatic carbocycles. The molecule has 1 saturated heterocycles. The SMILES string of the molecule is C1CCOOC1.CO. The van der Waals surface area contributed by atoms with Crippen LogP contribution in [0.25, 0.3) is 0 Å². The highest BCUT2D eigenvalue weighted by Gasteiger charge is 1.95. The number of aliphatic hydroxyl groups excluding tert-OH is 1. The Morgan fingerprint density at radius 3 is 1.50 bits per heavy atom. The lowest BCUT2D eigenvalue weighted by Crippen LogP contribution is -2.05. The summed E-state index contributed by atoms with van der Waals surface area (Å²) in [5.74, 6) is 0. The fourth-order valence-corrected chi connectivity index (χ4v) is 0.440. The zero-order valence-corrected chi connectivity index (χ0v) is 5.09. The second-order valence-corrected chi connectivity index (χ2v) is 1.35. The quantitative estimate of drug-likeness (QED) is 0.468. The van der Waals surface area contributed by atoms with E-state index in [4.69, 9.17) is 5.11 Å². The second-order valence-electron chi connectivity index (χ2n) is 1.35. The van der Waals surface area contributed by atoms with Gasteiger partial charge in [-0.05, 0) is 12.8 Å². The van der Waals surface area contributed by atoms with Crippen LogP contribution in [0, 0.1) is 0 Å². The van der Waals surface area contributed by atoms with Crippen molar-refractivity contribution in [2.45, 2.75) is 12.8 Å². The summed E-state index contributed by atoms with van der Waals surface area (Å²) in [6.45, 7) is 1.56. The molecule has 1 rings (SSSR count). The molecular weight excluding hydrogens is 108 g/mol. The molecule has 0 aromatic heterocycles. The van der Waals surface area contributed by atoms with E-state index in [0.29, 0.717) is 0 Å². The lowest BCUT2D eigenvalue weighted by Gasteiger charge is -2.07. The van der Waals surface area contributed by atoms with Gasteiger partial charge in [0.05, 0.1) is 13.2 Å². The standard InChI is InChI=1S/C4H8O2.CH4O/c1-2-4-6-5-3-1;1-2/h1-4H2;2H,1H3. The largest absolute Gasteiger partial charge is 0.400 e. The van der Waals surface area contributed by atoms with Crippen molar-refractivity contribution in [1.82, 2.24) is 0 Å². The zero-order chi connectivity index (χ0) is 6.24. The lowest BCUT2D eigenvalue weighted by molar-refractivity contribution is -0.312. The minimum absolute atomic E-state index is 0.778. The first kappa shape index (κ1) is 7.88. The van der Waals surface area contributed by atoms with Gasteiger partial charge in [0.15, 0.2) is 0 Å². The lowest BCUT2D eigenvalue weighted by atomic mass is 10.3. The van der Waals surface area contributed by atoms with Gasteiger partial charge in [-0.15, -0.1) is 0 Å². The fraction of sp³-hybridized carbons (Fsp3) is 1.00. The van der Waals surface area contributed by atoms with Crippen molar-refractivity contribution < 1.29 is 14.9 Å². The van der Waals surface area contributed by atoms with Gasteiger partial charge >= 0.3 is 0 Å². The summed E-state index contributed by atoms with van der Waals surface area (Å²) in [6.07, 6.45) is 2.31. The van der Waals surface area contributed by atoms with E-state index in [1.807, 2.05) is 0 Å². The predicted octanol–water partition coefficient (Wildman–Crippen LogP) is 0.337. The van der Waals surface area contributed by atoms with E-state index < -0.39 is 0 Å². The molecule has 0 amide bonds. The summed E-state index contributed by atoms with van der Waals surface area (Å²) in [5, 5.41) is 7.00. The van der Waals surface area contributed by atoms with Crippen LogP contribution in [-0.4, -0.2) is 25.4 Å². The van der Waals surface area contributed by atoms with Crippen molar-refractivity contribution in [2.24, 2.45) is 0 Å². The molecule has 0 aromatic rings. The Labute approximate surface area is 49.1 Å². The van der Waals surface area contributed by atoms with Crippen molar-refractivity contribution in [3.63, 3.8) is 0 Å². The Morgan fingerprint density at radius 2 is 1.38 bits per heavy atom. The first-order valence-corrected chi connectivity index (χ1v) is 2.69. The molecule has 1 heterocycles. The summed E-state index contributed by atoms with van der Waals surface area (Å²) in [6, 6.07) is 0. The average Bonchev–Trinajstić information content (AvgIpc) is 1.96. The molecule has 8 heavy (non-hydrogen) atoms.